The van der Waals surface area contributed by atoms with E-state index in [2.05, 4.69) is 253 Å². The van der Waals surface area contributed by atoms with E-state index in [1.807, 2.05) is 12.1 Å². The summed E-state index contributed by atoms with van der Waals surface area (Å²) in [5, 5.41) is 6.14. The number of rotatable bonds is 9. The van der Waals surface area contributed by atoms with E-state index in [4.69, 9.17) is 4.42 Å². The van der Waals surface area contributed by atoms with Crippen LogP contribution in [0.3, 0.4) is 0 Å². The zero-order valence-electron chi connectivity index (χ0n) is 36.2. The molecule has 1 aliphatic heterocycles. The van der Waals surface area contributed by atoms with Crippen molar-refractivity contribution in [3.8, 4) is 44.5 Å². The third-order valence-corrected chi connectivity index (χ3v) is 13.0. The lowest BCUT2D eigenvalue weighted by atomic mass is 9.88. The van der Waals surface area contributed by atoms with E-state index in [1.54, 1.807) is 0 Å². The summed E-state index contributed by atoms with van der Waals surface area (Å²) in [4.78, 5) is 2.39. The molecule has 0 saturated carbocycles. The van der Waals surface area contributed by atoms with Crippen LogP contribution in [0.15, 0.2) is 259 Å². The number of furan rings is 1. The molecular weight excluding hydrogens is 801 g/mol. The Morgan fingerprint density at radius 3 is 1.53 bits per heavy atom. The van der Waals surface area contributed by atoms with Crippen molar-refractivity contribution in [2.45, 2.75) is 6.04 Å². The highest BCUT2D eigenvalue weighted by Gasteiger charge is 2.23. The first-order chi connectivity index (χ1) is 32.7. The lowest BCUT2D eigenvalue weighted by Gasteiger charge is -2.30. The smallest absolute Gasteiger partial charge is 0.136 e. The van der Waals surface area contributed by atoms with Gasteiger partial charge in [-0.2, -0.15) is 0 Å². The zero-order valence-corrected chi connectivity index (χ0v) is 36.2. The summed E-state index contributed by atoms with van der Waals surface area (Å²) in [6.07, 6.45) is 2.38. The Balaban J connectivity index is 0.888. The second kappa shape index (κ2) is 16.8. The first-order valence-corrected chi connectivity index (χ1v) is 22.6. The lowest BCUT2D eigenvalue weighted by Crippen LogP contribution is -2.15. The first-order valence-electron chi connectivity index (χ1n) is 22.6. The zero-order chi connectivity index (χ0) is 43.8. The summed E-state index contributed by atoms with van der Waals surface area (Å²) in [5.41, 5.74) is 20.4. The van der Waals surface area contributed by atoms with Crippen molar-refractivity contribution in [2.75, 3.05) is 10.2 Å². The van der Waals surface area contributed by atoms with Crippen LogP contribution in [-0.2, 0) is 0 Å². The molecule has 1 unspecified atom stereocenters. The minimum absolute atomic E-state index is 0.0341. The fourth-order valence-corrected chi connectivity index (χ4v) is 9.57. The second-order valence-corrected chi connectivity index (χ2v) is 16.9. The van der Waals surface area contributed by atoms with Gasteiger partial charge in [0.2, 0.25) is 0 Å². The van der Waals surface area contributed by atoms with Crippen LogP contribution >= 0.6 is 0 Å². The van der Waals surface area contributed by atoms with Gasteiger partial charge >= 0.3 is 0 Å². The Bertz CT molecular complexity index is 3520. The van der Waals surface area contributed by atoms with Gasteiger partial charge in [-0.25, -0.2) is 0 Å². The topological polar surface area (TPSA) is 28.4 Å². The molecule has 0 spiro atoms. The molecule has 0 saturated heterocycles. The van der Waals surface area contributed by atoms with Crippen molar-refractivity contribution < 1.29 is 4.42 Å². The van der Waals surface area contributed by atoms with Crippen LogP contribution in [-0.4, -0.2) is 0 Å². The highest BCUT2D eigenvalue weighted by atomic mass is 16.3. The molecule has 1 aromatic heterocycles. The molecule has 11 aromatic rings. The predicted molar refractivity (Wildman–Crippen MR) is 276 cm³/mol. The van der Waals surface area contributed by atoms with E-state index in [0.717, 1.165) is 66.9 Å². The number of hydrogen-bond acceptors (Lipinski definition) is 3. The van der Waals surface area contributed by atoms with Crippen LogP contribution < -0.4 is 10.2 Å². The third kappa shape index (κ3) is 7.33. The van der Waals surface area contributed by atoms with Gasteiger partial charge in [-0.15, -0.1) is 0 Å². The number of nitrogens with zero attached hydrogens (tertiary/aromatic N) is 1. The highest BCUT2D eigenvalue weighted by Crippen LogP contribution is 2.44. The van der Waals surface area contributed by atoms with Gasteiger partial charge in [-0.3, -0.25) is 0 Å². The molecule has 0 amide bonds. The summed E-state index contributed by atoms with van der Waals surface area (Å²) < 4.78 is 6.23. The van der Waals surface area contributed by atoms with E-state index in [-0.39, 0.29) is 6.04 Å². The van der Waals surface area contributed by atoms with Crippen molar-refractivity contribution in [3.63, 3.8) is 0 Å². The van der Waals surface area contributed by atoms with Crippen LogP contribution in [0.2, 0.25) is 0 Å². The molecule has 12 rings (SSSR count). The minimum atomic E-state index is -0.0341. The molecule has 10 aromatic carbocycles. The Morgan fingerprint density at radius 2 is 0.833 bits per heavy atom. The summed E-state index contributed by atoms with van der Waals surface area (Å²) in [6, 6.07) is 89.1. The van der Waals surface area contributed by atoms with Crippen LogP contribution in [0.25, 0.3) is 72.0 Å². The third-order valence-electron chi connectivity index (χ3n) is 13.0. The van der Waals surface area contributed by atoms with E-state index in [0.29, 0.717) is 0 Å². The number of fused-ring (bicyclic) bond motifs is 4. The number of benzene rings is 10. The molecule has 2 heterocycles. The summed E-state index contributed by atoms with van der Waals surface area (Å²) in [5.74, 6) is 0. The average Bonchev–Trinajstić information content (AvgIpc) is 3.78. The monoisotopic (exact) mass is 844 g/mol. The van der Waals surface area contributed by atoms with Gasteiger partial charge in [0.15, 0.2) is 0 Å². The number of nitrogens with one attached hydrogen (secondary N) is 1. The van der Waals surface area contributed by atoms with Gasteiger partial charge in [-0.05, 0) is 116 Å². The first kappa shape index (κ1) is 39.0. The maximum absolute atomic E-state index is 6.23. The van der Waals surface area contributed by atoms with Crippen LogP contribution in [0.1, 0.15) is 22.7 Å². The second-order valence-electron chi connectivity index (χ2n) is 16.9. The van der Waals surface area contributed by atoms with E-state index in [9.17, 15) is 0 Å². The van der Waals surface area contributed by atoms with Crippen LogP contribution in [0, 0.1) is 0 Å². The SMILES string of the molecule is C1=C(c2ccc(-c3ccc4c(c3)oc3ccccc34)cc2)c2ccccc2NC1c1ccc(N(c2ccc(-c3ccccc3)cc2)c2ccccc2-c2ccc(-c3ccccc3)cc2)cc1. The average molecular weight is 845 g/mol. The fraction of sp³-hybridized carbons (Fsp3) is 0.0159. The molecule has 312 valence electrons. The number of anilines is 4. The van der Waals surface area contributed by atoms with Crippen molar-refractivity contribution in [3.05, 3.63) is 271 Å². The summed E-state index contributed by atoms with van der Waals surface area (Å²) in [7, 11) is 0. The Kier molecular flexibility index (Phi) is 9.92. The molecule has 3 heteroatoms. The van der Waals surface area contributed by atoms with Gasteiger partial charge in [0.25, 0.3) is 0 Å². The Morgan fingerprint density at radius 1 is 0.348 bits per heavy atom. The van der Waals surface area contributed by atoms with Crippen molar-refractivity contribution in [1.82, 2.24) is 0 Å². The van der Waals surface area contributed by atoms with Crippen molar-refractivity contribution in [1.29, 1.82) is 0 Å². The molecule has 1 N–H and O–H groups in total. The fourth-order valence-electron chi connectivity index (χ4n) is 9.57. The molecular formula is C63H44N2O. The summed E-state index contributed by atoms with van der Waals surface area (Å²) >= 11 is 0. The van der Waals surface area contributed by atoms with Crippen molar-refractivity contribution >= 4 is 50.3 Å². The highest BCUT2D eigenvalue weighted by molar-refractivity contribution is 6.06. The largest absolute Gasteiger partial charge is 0.456 e. The maximum Gasteiger partial charge on any atom is 0.136 e. The Labute approximate surface area is 385 Å². The molecule has 0 bridgehead atoms. The van der Waals surface area contributed by atoms with Crippen molar-refractivity contribution in [2.24, 2.45) is 0 Å². The lowest BCUT2D eigenvalue weighted by molar-refractivity contribution is 0.669. The van der Waals surface area contributed by atoms with Gasteiger partial charge in [-0.1, -0.05) is 194 Å². The predicted octanol–water partition coefficient (Wildman–Crippen LogP) is 17.3. The van der Waals surface area contributed by atoms with E-state index < -0.39 is 0 Å². The molecule has 3 nitrogen and oxygen atoms in total. The molecule has 0 aliphatic carbocycles. The summed E-state index contributed by atoms with van der Waals surface area (Å²) in [6.45, 7) is 0. The Hall–Kier alpha value is -8.66. The van der Waals surface area contributed by atoms with Gasteiger partial charge in [0.1, 0.15) is 11.2 Å². The number of para-hydroxylation sites is 3. The van der Waals surface area contributed by atoms with E-state index >= 15 is 0 Å². The van der Waals surface area contributed by atoms with E-state index in [1.165, 1.54) is 44.5 Å². The standard InChI is InChI=1S/C63H44N2O/c1-3-13-43(14-4-1)45-23-27-48(28-24-45)54-17-8-11-21-61(54)65(52-36-31-46(32-37-52)44-15-5-2-6-16-44)53-38-33-50(34-39-53)60-42-58(55-18-7-10-20-59(55)64-60)49-29-25-47(26-30-49)51-35-40-57-56-19-9-12-22-62(56)66-63(57)41-51/h1-42,60,64H. The quantitative estimate of drug-likeness (QED) is 0.157. The molecule has 0 radical (unpaired) electrons. The van der Waals surface area contributed by atoms with Gasteiger partial charge in [0.05, 0.1) is 11.7 Å². The minimum Gasteiger partial charge on any atom is -0.456 e. The normalized spacial score (nSPS) is 13.2. The van der Waals surface area contributed by atoms with Crippen LogP contribution in [0.5, 0.6) is 0 Å². The van der Waals surface area contributed by atoms with Crippen LogP contribution in [0.4, 0.5) is 22.7 Å². The molecule has 66 heavy (non-hydrogen) atoms. The maximum atomic E-state index is 6.23. The molecule has 0 fully saturated rings. The van der Waals surface area contributed by atoms with Gasteiger partial charge in [0, 0.05) is 39.0 Å². The van der Waals surface area contributed by atoms with Gasteiger partial charge < -0.3 is 14.6 Å². The molecule has 1 atom stereocenters. The molecule has 1 aliphatic rings. The number of hydrogen-bond donors (Lipinski definition) is 1.